The van der Waals surface area contributed by atoms with E-state index in [0.29, 0.717) is 18.3 Å². The zero-order valence-corrected chi connectivity index (χ0v) is 13.3. The summed E-state index contributed by atoms with van der Waals surface area (Å²) in [4.78, 5) is 12.4. The molecule has 0 spiro atoms. The van der Waals surface area contributed by atoms with E-state index in [1.165, 1.54) is 12.1 Å². The molecule has 0 fully saturated rings. The highest BCUT2D eigenvalue weighted by atomic mass is 35.5. The van der Waals surface area contributed by atoms with Gasteiger partial charge in [-0.15, -0.1) is 0 Å². The van der Waals surface area contributed by atoms with Crippen LogP contribution in [0.15, 0.2) is 12.1 Å². The molecule has 0 saturated carbocycles. The quantitative estimate of drug-likeness (QED) is 0.468. The predicted octanol–water partition coefficient (Wildman–Crippen LogP) is 4.04. The molecule has 1 aromatic carbocycles. The molecule has 1 rings (SSSR count). The molecule has 0 atom stereocenters. The zero-order chi connectivity index (χ0) is 15.3. The molecule has 112 valence electrons. The Morgan fingerprint density at radius 3 is 2.35 bits per heavy atom. The Balaban J connectivity index is 2.59. The number of hydrogen-bond donors (Lipinski definition) is 1. The topological polar surface area (TPSA) is 58.4 Å². The van der Waals surface area contributed by atoms with E-state index in [2.05, 4.69) is 31.1 Å². The third-order valence-electron chi connectivity index (χ3n) is 3.11. The number of nitrogens with one attached hydrogen (secondary N) is 1. The summed E-state index contributed by atoms with van der Waals surface area (Å²) in [5.41, 5.74) is 0.441. The summed E-state index contributed by atoms with van der Waals surface area (Å²) < 4.78 is 0. The molecule has 0 radical (unpaired) electrons. The fraction of sp³-hybridized carbons (Fsp3) is 0.538. The number of rotatable bonds is 7. The largest absolute Gasteiger partial charge is 0.383 e. The molecule has 0 aliphatic heterocycles. The van der Waals surface area contributed by atoms with Gasteiger partial charge in [0.25, 0.3) is 5.69 Å². The number of anilines is 1. The zero-order valence-electron chi connectivity index (χ0n) is 11.8. The van der Waals surface area contributed by atoms with E-state index < -0.39 is 4.92 Å². The minimum atomic E-state index is -0.515. The van der Waals surface area contributed by atoms with Crippen LogP contribution in [0.2, 0.25) is 10.0 Å². The van der Waals surface area contributed by atoms with Gasteiger partial charge in [0, 0.05) is 24.7 Å². The normalized spacial score (nSPS) is 11.2. The molecule has 5 nitrogen and oxygen atoms in total. The highest BCUT2D eigenvalue weighted by molar-refractivity contribution is 6.39. The summed E-state index contributed by atoms with van der Waals surface area (Å²) in [6, 6.07) is 3.10. The van der Waals surface area contributed by atoms with Crippen molar-refractivity contribution in [1.82, 2.24) is 4.90 Å². The van der Waals surface area contributed by atoms with E-state index in [1.54, 1.807) is 0 Å². The first-order chi connectivity index (χ1) is 9.32. The Labute approximate surface area is 129 Å². The van der Waals surface area contributed by atoms with Crippen LogP contribution in [0.1, 0.15) is 20.3 Å². The number of nitrogens with zero attached hydrogens (tertiary/aromatic N) is 2. The average Bonchev–Trinajstić information content (AvgIpc) is 2.36. The van der Waals surface area contributed by atoms with Gasteiger partial charge in [-0.3, -0.25) is 10.1 Å². The van der Waals surface area contributed by atoms with Gasteiger partial charge in [-0.05, 0) is 33.9 Å². The number of nitro groups is 1. The third kappa shape index (κ3) is 4.81. The van der Waals surface area contributed by atoms with E-state index in [1.807, 2.05) is 0 Å². The highest BCUT2D eigenvalue weighted by Crippen LogP contribution is 2.34. The first kappa shape index (κ1) is 17.0. The second-order valence-corrected chi connectivity index (χ2v) is 5.71. The molecule has 20 heavy (non-hydrogen) atoms. The van der Waals surface area contributed by atoms with Gasteiger partial charge >= 0.3 is 0 Å². The Bertz CT molecular complexity index is 458. The van der Waals surface area contributed by atoms with E-state index in [9.17, 15) is 10.1 Å². The van der Waals surface area contributed by atoms with Crippen molar-refractivity contribution in [2.24, 2.45) is 0 Å². The van der Waals surface area contributed by atoms with E-state index in [0.717, 1.165) is 13.0 Å². The van der Waals surface area contributed by atoms with Crippen LogP contribution in [0, 0.1) is 10.1 Å². The highest BCUT2D eigenvalue weighted by Gasteiger charge is 2.14. The van der Waals surface area contributed by atoms with Crippen molar-refractivity contribution in [2.75, 3.05) is 25.5 Å². The smallest absolute Gasteiger partial charge is 0.272 e. The van der Waals surface area contributed by atoms with Crippen LogP contribution in [0.25, 0.3) is 0 Å². The average molecular weight is 320 g/mol. The predicted molar refractivity (Wildman–Crippen MR) is 84.0 cm³/mol. The lowest BCUT2D eigenvalue weighted by molar-refractivity contribution is -0.384. The van der Waals surface area contributed by atoms with Crippen molar-refractivity contribution in [3.63, 3.8) is 0 Å². The number of hydrogen-bond acceptors (Lipinski definition) is 4. The van der Waals surface area contributed by atoms with Crippen LogP contribution in [-0.4, -0.2) is 36.0 Å². The molecule has 7 heteroatoms. The lowest BCUT2D eigenvalue weighted by Crippen LogP contribution is -2.28. The molecule has 1 aromatic rings. The van der Waals surface area contributed by atoms with Crippen LogP contribution >= 0.6 is 23.2 Å². The molecule has 0 saturated heterocycles. The third-order valence-corrected chi connectivity index (χ3v) is 3.70. The van der Waals surface area contributed by atoms with Crippen LogP contribution in [0.4, 0.5) is 11.4 Å². The number of halogens is 2. The van der Waals surface area contributed by atoms with Gasteiger partial charge in [0.2, 0.25) is 0 Å². The van der Waals surface area contributed by atoms with E-state index in [4.69, 9.17) is 23.2 Å². The minimum absolute atomic E-state index is 0.106. The van der Waals surface area contributed by atoms with Crippen LogP contribution in [-0.2, 0) is 0 Å². The molecule has 0 heterocycles. The number of benzene rings is 1. The summed E-state index contributed by atoms with van der Waals surface area (Å²) in [5.74, 6) is 0. The standard InChI is InChI=1S/C13H19Cl2N3O2/c1-9(2)17(3)6-4-5-16-13-11(14)7-10(18(19)20)8-12(13)15/h7-9,16H,4-6H2,1-3H3. The van der Waals surface area contributed by atoms with Crippen molar-refractivity contribution in [3.8, 4) is 0 Å². The minimum Gasteiger partial charge on any atom is -0.383 e. The van der Waals surface area contributed by atoms with Crippen LogP contribution in [0.3, 0.4) is 0 Å². The molecule has 0 aliphatic rings. The van der Waals surface area contributed by atoms with Gasteiger partial charge in [-0.2, -0.15) is 0 Å². The first-order valence-electron chi connectivity index (χ1n) is 6.40. The molecule has 0 aliphatic carbocycles. The van der Waals surface area contributed by atoms with Crippen molar-refractivity contribution < 1.29 is 4.92 Å². The maximum atomic E-state index is 10.7. The van der Waals surface area contributed by atoms with Gasteiger partial charge in [0.1, 0.15) is 0 Å². The van der Waals surface area contributed by atoms with Crippen LogP contribution in [0.5, 0.6) is 0 Å². The molecule has 0 bridgehead atoms. The molecular formula is C13H19Cl2N3O2. The van der Waals surface area contributed by atoms with Gasteiger partial charge in [-0.25, -0.2) is 0 Å². The maximum absolute atomic E-state index is 10.7. The van der Waals surface area contributed by atoms with Crippen molar-refractivity contribution in [3.05, 3.63) is 32.3 Å². The Morgan fingerprint density at radius 2 is 1.90 bits per heavy atom. The Kier molecular flexibility index (Phi) is 6.52. The van der Waals surface area contributed by atoms with Gasteiger partial charge in [0.15, 0.2) is 0 Å². The van der Waals surface area contributed by atoms with Crippen molar-refractivity contribution in [2.45, 2.75) is 26.3 Å². The van der Waals surface area contributed by atoms with Gasteiger partial charge in [0.05, 0.1) is 20.7 Å². The Morgan fingerprint density at radius 1 is 1.35 bits per heavy atom. The maximum Gasteiger partial charge on any atom is 0.272 e. The lowest BCUT2D eigenvalue weighted by atomic mass is 10.2. The van der Waals surface area contributed by atoms with Crippen LogP contribution < -0.4 is 5.32 Å². The van der Waals surface area contributed by atoms with Gasteiger partial charge < -0.3 is 10.2 Å². The van der Waals surface area contributed by atoms with E-state index in [-0.39, 0.29) is 15.7 Å². The lowest BCUT2D eigenvalue weighted by Gasteiger charge is -2.21. The monoisotopic (exact) mass is 319 g/mol. The SMILES string of the molecule is CC(C)N(C)CCCNc1c(Cl)cc([N+](=O)[O-])cc1Cl. The van der Waals surface area contributed by atoms with E-state index >= 15 is 0 Å². The second-order valence-electron chi connectivity index (χ2n) is 4.90. The summed E-state index contributed by atoms with van der Waals surface area (Å²) in [6.45, 7) is 5.93. The molecular weight excluding hydrogens is 301 g/mol. The molecule has 1 N–H and O–H groups in total. The summed E-state index contributed by atoms with van der Waals surface area (Å²) in [7, 11) is 2.07. The fourth-order valence-electron chi connectivity index (χ4n) is 1.63. The van der Waals surface area contributed by atoms with Crippen molar-refractivity contribution in [1.29, 1.82) is 0 Å². The summed E-state index contributed by atoms with van der Waals surface area (Å²) >= 11 is 12.0. The molecule has 0 unspecified atom stereocenters. The fourth-order valence-corrected chi connectivity index (χ4v) is 2.24. The molecule has 0 amide bonds. The number of non-ortho nitro benzene ring substituents is 1. The first-order valence-corrected chi connectivity index (χ1v) is 7.16. The molecule has 0 aromatic heterocycles. The number of nitro benzene ring substituents is 1. The van der Waals surface area contributed by atoms with Crippen molar-refractivity contribution >= 4 is 34.6 Å². The summed E-state index contributed by atoms with van der Waals surface area (Å²) in [5, 5.41) is 14.3. The summed E-state index contributed by atoms with van der Waals surface area (Å²) in [6.07, 6.45) is 0.929. The second kappa shape index (κ2) is 7.67. The Hall–Kier alpha value is -1.04. The van der Waals surface area contributed by atoms with Gasteiger partial charge in [-0.1, -0.05) is 23.2 Å².